The quantitative estimate of drug-likeness (QED) is 0.449. The number of ether oxygens (including phenoxy) is 2. The van der Waals surface area contributed by atoms with Crippen LogP contribution in [0.3, 0.4) is 0 Å². The fourth-order valence-electron chi connectivity index (χ4n) is 4.74. The molecule has 0 aromatic heterocycles. The van der Waals surface area contributed by atoms with Crippen LogP contribution in [0.15, 0.2) is 30.3 Å². The number of aliphatic hydroxyl groups is 2. The number of alkyl carbamates (subject to hydrolysis) is 2. The van der Waals surface area contributed by atoms with Crippen LogP contribution < -0.4 is 10.6 Å². The molecule has 0 bridgehead atoms. The van der Waals surface area contributed by atoms with Gasteiger partial charge in [0.2, 0.25) is 0 Å². The van der Waals surface area contributed by atoms with Crippen molar-refractivity contribution in [3.05, 3.63) is 35.9 Å². The van der Waals surface area contributed by atoms with E-state index in [1.54, 1.807) is 0 Å². The lowest BCUT2D eigenvalue weighted by atomic mass is 10.2. The number of hydrogen-bond donors (Lipinski definition) is 4. The number of carbonyl (C=O) groups excluding carboxylic acids is 2. The second-order valence-electron chi connectivity index (χ2n) is 11.4. The summed E-state index contributed by atoms with van der Waals surface area (Å²) in [6, 6.07) is 9.73. The lowest BCUT2D eigenvalue weighted by Crippen LogP contribution is -2.38. The summed E-state index contributed by atoms with van der Waals surface area (Å²) in [7, 11) is 7.74. The Morgan fingerprint density at radius 1 is 0.838 bits per heavy atom. The van der Waals surface area contributed by atoms with E-state index in [0.29, 0.717) is 12.8 Å². The van der Waals surface area contributed by atoms with Crippen LogP contribution in [-0.2, 0) is 16.1 Å². The van der Waals surface area contributed by atoms with Gasteiger partial charge in [-0.15, -0.1) is 0 Å². The van der Waals surface area contributed by atoms with Crippen LogP contribution in [-0.4, -0.2) is 102 Å². The zero-order chi connectivity index (χ0) is 27.8. The van der Waals surface area contributed by atoms with Crippen molar-refractivity contribution in [1.29, 1.82) is 0 Å². The first-order valence-corrected chi connectivity index (χ1v) is 12.9. The van der Waals surface area contributed by atoms with Gasteiger partial charge in [0.1, 0.15) is 12.2 Å². The molecule has 0 aliphatic heterocycles. The number of amides is 2. The van der Waals surface area contributed by atoms with Crippen molar-refractivity contribution in [3.8, 4) is 0 Å². The molecule has 1 aromatic rings. The lowest BCUT2D eigenvalue weighted by Gasteiger charge is -2.23. The van der Waals surface area contributed by atoms with Crippen LogP contribution in [0.1, 0.15) is 52.0 Å². The fraction of sp³-hybridized carbons (Fsp3) is 0.704. The van der Waals surface area contributed by atoms with Gasteiger partial charge in [0.25, 0.3) is 0 Å². The molecule has 4 N–H and O–H groups in total. The normalized spacial score (nSPS) is 27.4. The van der Waals surface area contributed by atoms with Crippen LogP contribution in [0.5, 0.6) is 0 Å². The van der Waals surface area contributed by atoms with Crippen LogP contribution in [0.2, 0.25) is 0 Å². The van der Waals surface area contributed by atoms with Gasteiger partial charge in [-0.05, 0) is 80.2 Å². The highest BCUT2D eigenvalue weighted by Crippen LogP contribution is 2.24. The molecule has 0 heterocycles. The van der Waals surface area contributed by atoms with Gasteiger partial charge in [0.05, 0.1) is 12.2 Å². The second kappa shape index (κ2) is 13.9. The molecule has 3 rings (SSSR count). The molecule has 0 unspecified atom stereocenters. The Morgan fingerprint density at radius 2 is 1.30 bits per heavy atom. The molecule has 2 saturated carbocycles. The van der Waals surface area contributed by atoms with Crippen molar-refractivity contribution in [2.75, 3.05) is 28.2 Å². The summed E-state index contributed by atoms with van der Waals surface area (Å²) in [5, 5.41) is 25.4. The number of benzene rings is 1. The maximum Gasteiger partial charge on any atom is 0.407 e. The molecule has 10 heteroatoms. The summed E-state index contributed by atoms with van der Waals surface area (Å²) in [6.07, 6.45) is 1.04. The molecule has 6 atom stereocenters. The SMILES string of the molecule is CN(C)[C@H]1C[C@@H](NC(=O)OC(C)(C)C)C[C@H]1O.CN(C)[C@H]1C[C@@H](NC(=O)OCc2ccccc2)C[C@H]1O. The molecule has 0 spiro atoms. The summed E-state index contributed by atoms with van der Waals surface area (Å²) in [5.74, 6) is 0. The summed E-state index contributed by atoms with van der Waals surface area (Å²) in [6.45, 7) is 5.76. The predicted molar refractivity (Wildman–Crippen MR) is 142 cm³/mol. The van der Waals surface area contributed by atoms with Gasteiger partial charge in [0.15, 0.2) is 0 Å². The Hall–Kier alpha value is -2.40. The predicted octanol–water partition coefficient (Wildman–Crippen LogP) is 2.33. The van der Waals surface area contributed by atoms with E-state index in [9.17, 15) is 19.8 Å². The summed E-state index contributed by atoms with van der Waals surface area (Å²) in [5.41, 5.74) is 0.475. The molecular formula is C27H46N4O6. The third kappa shape index (κ3) is 10.9. The fourth-order valence-corrected chi connectivity index (χ4v) is 4.74. The monoisotopic (exact) mass is 522 g/mol. The van der Waals surface area contributed by atoms with Crippen molar-refractivity contribution >= 4 is 12.2 Å². The number of rotatable bonds is 6. The van der Waals surface area contributed by atoms with E-state index < -0.39 is 23.9 Å². The number of hydrogen-bond acceptors (Lipinski definition) is 8. The van der Waals surface area contributed by atoms with Gasteiger partial charge in [-0.1, -0.05) is 30.3 Å². The smallest absolute Gasteiger partial charge is 0.407 e. The van der Waals surface area contributed by atoms with E-state index in [1.807, 2.05) is 89.1 Å². The number of aliphatic hydroxyl groups excluding tert-OH is 2. The first kappa shape index (κ1) is 30.8. The third-order valence-corrected chi connectivity index (χ3v) is 6.57. The van der Waals surface area contributed by atoms with Crippen LogP contribution in [0.25, 0.3) is 0 Å². The van der Waals surface area contributed by atoms with Crippen LogP contribution in [0, 0.1) is 0 Å². The van der Waals surface area contributed by atoms with Crippen LogP contribution >= 0.6 is 0 Å². The zero-order valence-electron chi connectivity index (χ0n) is 23.3. The summed E-state index contributed by atoms with van der Waals surface area (Å²) in [4.78, 5) is 27.3. The van der Waals surface area contributed by atoms with Gasteiger partial charge in [-0.2, -0.15) is 0 Å². The second-order valence-corrected chi connectivity index (χ2v) is 11.4. The molecule has 0 radical (unpaired) electrons. The molecule has 2 fully saturated rings. The Morgan fingerprint density at radius 3 is 1.70 bits per heavy atom. The summed E-state index contributed by atoms with van der Waals surface area (Å²) < 4.78 is 10.4. The van der Waals surface area contributed by atoms with Gasteiger partial charge in [0, 0.05) is 24.2 Å². The van der Waals surface area contributed by atoms with E-state index in [-0.39, 0.29) is 36.9 Å². The third-order valence-electron chi connectivity index (χ3n) is 6.57. The molecular weight excluding hydrogens is 476 g/mol. The van der Waals surface area contributed by atoms with Crippen molar-refractivity contribution in [1.82, 2.24) is 20.4 Å². The van der Waals surface area contributed by atoms with Crippen molar-refractivity contribution in [2.45, 2.75) is 95.0 Å². The van der Waals surface area contributed by atoms with Crippen molar-refractivity contribution in [3.63, 3.8) is 0 Å². The maximum absolute atomic E-state index is 11.7. The van der Waals surface area contributed by atoms with E-state index in [4.69, 9.17) is 9.47 Å². The Labute approximate surface area is 221 Å². The molecule has 210 valence electrons. The van der Waals surface area contributed by atoms with E-state index in [2.05, 4.69) is 10.6 Å². The van der Waals surface area contributed by atoms with Gasteiger partial charge in [-0.3, -0.25) is 0 Å². The average Bonchev–Trinajstić information content (AvgIpc) is 3.33. The minimum absolute atomic E-state index is 0.00718. The zero-order valence-corrected chi connectivity index (χ0v) is 23.3. The number of carbonyl (C=O) groups is 2. The minimum atomic E-state index is -0.484. The Bertz CT molecular complexity index is 845. The number of nitrogens with zero attached hydrogens (tertiary/aromatic N) is 2. The van der Waals surface area contributed by atoms with E-state index in [1.165, 1.54) is 0 Å². The topological polar surface area (TPSA) is 124 Å². The Kier molecular flexibility index (Phi) is 11.6. The molecule has 37 heavy (non-hydrogen) atoms. The van der Waals surface area contributed by atoms with Crippen molar-refractivity contribution < 1.29 is 29.3 Å². The van der Waals surface area contributed by atoms with Gasteiger partial charge >= 0.3 is 12.2 Å². The number of nitrogens with one attached hydrogen (secondary N) is 2. The molecule has 1 aromatic carbocycles. The van der Waals surface area contributed by atoms with E-state index in [0.717, 1.165) is 18.4 Å². The average molecular weight is 523 g/mol. The Balaban J connectivity index is 0.000000264. The van der Waals surface area contributed by atoms with Crippen molar-refractivity contribution in [2.24, 2.45) is 0 Å². The highest BCUT2D eigenvalue weighted by Gasteiger charge is 2.36. The lowest BCUT2D eigenvalue weighted by molar-refractivity contribution is 0.0502. The van der Waals surface area contributed by atoms with E-state index >= 15 is 0 Å². The molecule has 2 aliphatic carbocycles. The molecule has 2 amide bonds. The summed E-state index contributed by atoms with van der Waals surface area (Å²) >= 11 is 0. The molecule has 2 aliphatic rings. The largest absolute Gasteiger partial charge is 0.445 e. The first-order valence-electron chi connectivity index (χ1n) is 12.9. The minimum Gasteiger partial charge on any atom is -0.445 e. The van der Waals surface area contributed by atoms with Gasteiger partial charge < -0.3 is 40.1 Å². The number of likely N-dealkylation sites (N-methyl/N-ethyl adjacent to an activating group) is 2. The standard InChI is InChI=1S/C15H22N2O3.C12H24N2O3/c1-17(2)13-8-12(9-14(13)18)16-15(19)20-10-11-6-4-3-5-7-11;1-12(2,3)17-11(16)13-8-6-9(14(4)5)10(15)7-8/h3-7,12-14,18H,8-10H2,1-2H3,(H,16,19);8-10,15H,6-7H2,1-5H3,(H,13,16)/t12-,13+,14-;8-,9+,10-/m11/s1. The maximum atomic E-state index is 11.7. The highest BCUT2D eigenvalue weighted by molar-refractivity contribution is 5.68. The highest BCUT2D eigenvalue weighted by atomic mass is 16.6. The molecule has 0 saturated heterocycles. The first-order chi connectivity index (χ1) is 17.2. The van der Waals surface area contributed by atoms with Gasteiger partial charge in [-0.25, -0.2) is 9.59 Å². The van der Waals surface area contributed by atoms with Crippen LogP contribution in [0.4, 0.5) is 9.59 Å². The molecule has 10 nitrogen and oxygen atoms in total.